The van der Waals surface area contributed by atoms with E-state index in [-0.39, 0.29) is 11.9 Å². The molecule has 0 fully saturated rings. The number of nitrogens with one attached hydrogen (secondary N) is 1. The number of fused-ring (bicyclic) bond motifs is 1. The summed E-state index contributed by atoms with van der Waals surface area (Å²) in [7, 11) is 0. The molecule has 110 valence electrons. The summed E-state index contributed by atoms with van der Waals surface area (Å²) in [5, 5.41) is 2.94. The third kappa shape index (κ3) is 3.14. The largest absolute Gasteiger partial charge is 0.344 e. The van der Waals surface area contributed by atoms with Gasteiger partial charge >= 0.3 is 0 Å². The van der Waals surface area contributed by atoms with Gasteiger partial charge < -0.3 is 5.32 Å². The summed E-state index contributed by atoms with van der Waals surface area (Å²) in [5.74, 6) is -0.228. The maximum atomic E-state index is 12.3. The minimum absolute atomic E-state index is 0.103. The molecule has 0 saturated heterocycles. The average Bonchev–Trinajstić information content (AvgIpc) is 2.55. The predicted molar refractivity (Wildman–Crippen MR) is 89.6 cm³/mol. The monoisotopic (exact) mass is 355 g/mol. The van der Waals surface area contributed by atoms with Crippen molar-refractivity contribution >= 4 is 32.9 Å². The third-order valence-corrected chi connectivity index (χ3v) is 3.93. The molecule has 0 aliphatic rings. The van der Waals surface area contributed by atoms with Crippen molar-refractivity contribution in [3.63, 3.8) is 0 Å². The molecular weight excluding hydrogens is 342 g/mol. The van der Waals surface area contributed by atoms with Gasteiger partial charge in [0.25, 0.3) is 5.91 Å². The Balaban J connectivity index is 1.79. The summed E-state index contributed by atoms with van der Waals surface area (Å²) in [4.78, 5) is 20.9. The minimum Gasteiger partial charge on any atom is -0.344 e. The molecule has 3 rings (SSSR count). The van der Waals surface area contributed by atoms with Gasteiger partial charge in [0.05, 0.1) is 23.3 Å². The van der Waals surface area contributed by atoms with Gasteiger partial charge in [0.2, 0.25) is 0 Å². The first-order valence-electron chi connectivity index (χ1n) is 6.91. The number of benzene rings is 2. The number of amides is 1. The normalized spacial score (nSPS) is 12.1. The van der Waals surface area contributed by atoms with E-state index in [0.29, 0.717) is 11.2 Å². The number of aromatic nitrogens is 2. The first-order valence-corrected chi connectivity index (χ1v) is 7.71. The Morgan fingerprint density at radius 1 is 1.09 bits per heavy atom. The van der Waals surface area contributed by atoms with E-state index in [1.54, 1.807) is 0 Å². The number of hydrogen-bond acceptors (Lipinski definition) is 3. The summed E-state index contributed by atoms with van der Waals surface area (Å²) in [6.45, 7) is 1.94. The van der Waals surface area contributed by atoms with Crippen LogP contribution in [0.15, 0.2) is 59.2 Å². The molecule has 0 saturated carbocycles. The van der Waals surface area contributed by atoms with E-state index < -0.39 is 0 Å². The minimum atomic E-state index is -0.228. The molecule has 1 atom stereocenters. The molecule has 1 unspecified atom stereocenters. The van der Waals surface area contributed by atoms with E-state index in [2.05, 4.69) is 31.2 Å². The lowest BCUT2D eigenvalue weighted by atomic mass is 10.1. The number of hydrogen-bond donors (Lipinski definition) is 1. The fourth-order valence-corrected chi connectivity index (χ4v) is 2.44. The Morgan fingerprint density at radius 3 is 2.50 bits per heavy atom. The Morgan fingerprint density at radius 2 is 1.77 bits per heavy atom. The maximum Gasteiger partial charge on any atom is 0.271 e. The second-order valence-corrected chi connectivity index (χ2v) is 5.91. The molecule has 0 spiro atoms. The Bertz CT molecular complexity index is 818. The first kappa shape index (κ1) is 14.7. The highest BCUT2D eigenvalue weighted by Gasteiger charge is 2.13. The van der Waals surface area contributed by atoms with Gasteiger partial charge in [-0.25, -0.2) is 4.98 Å². The fraction of sp³-hybridized carbons (Fsp3) is 0.118. The maximum absolute atomic E-state index is 12.3. The molecular formula is C17H14BrN3O. The van der Waals surface area contributed by atoms with Gasteiger partial charge in [-0.05, 0) is 36.8 Å². The zero-order valence-electron chi connectivity index (χ0n) is 12.0. The van der Waals surface area contributed by atoms with Crippen molar-refractivity contribution in [1.82, 2.24) is 15.3 Å². The van der Waals surface area contributed by atoms with Gasteiger partial charge in [0, 0.05) is 4.47 Å². The summed E-state index contributed by atoms with van der Waals surface area (Å²) in [6, 6.07) is 15.2. The van der Waals surface area contributed by atoms with Gasteiger partial charge in [-0.2, -0.15) is 0 Å². The van der Waals surface area contributed by atoms with Crippen LogP contribution in [0.1, 0.15) is 29.0 Å². The highest BCUT2D eigenvalue weighted by molar-refractivity contribution is 9.10. The van der Waals surface area contributed by atoms with E-state index in [1.165, 1.54) is 6.20 Å². The Labute approximate surface area is 136 Å². The van der Waals surface area contributed by atoms with Crippen molar-refractivity contribution in [2.45, 2.75) is 13.0 Å². The summed E-state index contributed by atoms with van der Waals surface area (Å²) >= 11 is 3.40. The number of nitrogens with zero attached hydrogens (tertiary/aromatic N) is 2. The number of carbonyl (C=O) groups excluding carboxylic acids is 1. The number of halogens is 1. The summed E-state index contributed by atoms with van der Waals surface area (Å²) < 4.78 is 1.01. The lowest BCUT2D eigenvalue weighted by Crippen LogP contribution is -2.27. The molecule has 4 nitrogen and oxygen atoms in total. The number of carbonyl (C=O) groups is 1. The summed E-state index contributed by atoms with van der Waals surface area (Å²) in [6.07, 6.45) is 1.51. The van der Waals surface area contributed by atoms with Gasteiger partial charge in [-0.3, -0.25) is 9.78 Å². The van der Waals surface area contributed by atoms with Crippen LogP contribution in [0.25, 0.3) is 11.0 Å². The highest BCUT2D eigenvalue weighted by Crippen LogP contribution is 2.17. The van der Waals surface area contributed by atoms with Crippen LogP contribution in [-0.4, -0.2) is 15.9 Å². The molecule has 1 heterocycles. The lowest BCUT2D eigenvalue weighted by Gasteiger charge is -2.14. The Kier molecular flexibility index (Phi) is 4.15. The van der Waals surface area contributed by atoms with Crippen molar-refractivity contribution in [3.05, 3.63) is 70.5 Å². The van der Waals surface area contributed by atoms with Crippen LogP contribution in [0.5, 0.6) is 0 Å². The van der Waals surface area contributed by atoms with Crippen LogP contribution in [0.3, 0.4) is 0 Å². The molecule has 1 amide bonds. The van der Waals surface area contributed by atoms with Crippen molar-refractivity contribution < 1.29 is 4.79 Å². The van der Waals surface area contributed by atoms with Crippen LogP contribution < -0.4 is 5.32 Å². The highest BCUT2D eigenvalue weighted by atomic mass is 79.9. The molecule has 5 heteroatoms. The van der Waals surface area contributed by atoms with E-state index in [9.17, 15) is 4.79 Å². The van der Waals surface area contributed by atoms with E-state index in [0.717, 1.165) is 15.6 Å². The predicted octanol–water partition coefficient (Wildman–Crippen LogP) is 3.88. The lowest BCUT2D eigenvalue weighted by molar-refractivity contribution is 0.0935. The van der Waals surface area contributed by atoms with Gasteiger partial charge in [0.1, 0.15) is 5.69 Å². The molecule has 1 N–H and O–H groups in total. The second-order valence-electron chi connectivity index (χ2n) is 4.99. The van der Waals surface area contributed by atoms with Crippen LogP contribution in [0.4, 0.5) is 0 Å². The van der Waals surface area contributed by atoms with Crippen molar-refractivity contribution in [3.8, 4) is 0 Å². The second kappa shape index (κ2) is 6.23. The van der Waals surface area contributed by atoms with Crippen molar-refractivity contribution in [2.24, 2.45) is 0 Å². The average molecular weight is 356 g/mol. The first-order chi connectivity index (χ1) is 10.6. The quantitative estimate of drug-likeness (QED) is 0.775. The molecule has 0 aliphatic heterocycles. The molecule has 0 aliphatic carbocycles. The van der Waals surface area contributed by atoms with E-state index >= 15 is 0 Å². The summed E-state index contributed by atoms with van der Waals surface area (Å²) in [5.41, 5.74) is 2.85. The molecule has 22 heavy (non-hydrogen) atoms. The number of rotatable bonds is 3. The fourth-order valence-electron chi connectivity index (χ4n) is 2.17. The molecule has 0 bridgehead atoms. The molecule has 2 aromatic carbocycles. The zero-order chi connectivity index (χ0) is 15.5. The zero-order valence-corrected chi connectivity index (χ0v) is 13.5. The van der Waals surface area contributed by atoms with E-state index in [4.69, 9.17) is 0 Å². The standard InChI is InChI=1S/C17H14BrN3O/c1-11(12-6-8-13(18)9-7-12)20-17(22)16-10-19-14-4-2-3-5-15(14)21-16/h2-11H,1H3,(H,20,22). The van der Waals surface area contributed by atoms with Crippen LogP contribution >= 0.6 is 15.9 Å². The SMILES string of the molecule is CC(NC(=O)c1cnc2ccccc2n1)c1ccc(Br)cc1. The van der Waals surface area contributed by atoms with E-state index in [1.807, 2.05) is 55.5 Å². The van der Waals surface area contributed by atoms with Crippen LogP contribution in [-0.2, 0) is 0 Å². The van der Waals surface area contributed by atoms with Crippen LogP contribution in [0.2, 0.25) is 0 Å². The Hall–Kier alpha value is -2.27. The smallest absolute Gasteiger partial charge is 0.271 e. The molecule has 1 aromatic heterocycles. The molecule has 3 aromatic rings. The molecule has 0 radical (unpaired) electrons. The topological polar surface area (TPSA) is 54.9 Å². The van der Waals surface area contributed by atoms with Crippen molar-refractivity contribution in [2.75, 3.05) is 0 Å². The van der Waals surface area contributed by atoms with Gasteiger partial charge in [0.15, 0.2) is 0 Å². The third-order valence-electron chi connectivity index (χ3n) is 3.40. The van der Waals surface area contributed by atoms with Crippen molar-refractivity contribution in [1.29, 1.82) is 0 Å². The van der Waals surface area contributed by atoms with Gasteiger partial charge in [-0.15, -0.1) is 0 Å². The van der Waals surface area contributed by atoms with Crippen LogP contribution in [0, 0.1) is 0 Å². The number of para-hydroxylation sites is 2. The van der Waals surface area contributed by atoms with Gasteiger partial charge in [-0.1, -0.05) is 40.2 Å².